The van der Waals surface area contributed by atoms with Crippen LogP contribution in [0.2, 0.25) is 10.0 Å². The first-order valence-electron chi connectivity index (χ1n) is 10.9. The molecule has 4 aromatic rings. The first-order valence-corrected chi connectivity index (χ1v) is 11.6. The first kappa shape index (κ1) is 24.3. The quantitative estimate of drug-likeness (QED) is 0.298. The van der Waals surface area contributed by atoms with Crippen molar-refractivity contribution in [2.45, 2.75) is 20.3 Å². The number of aromatic nitrogens is 1. The van der Waals surface area contributed by atoms with Crippen LogP contribution < -0.4 is 16.1 Å². The molecule has 3 aromatic carbocycles. The van der Waals surface area contributed by atoms with E-state index in [1.807, 2.05) is 26.0 Å². The number of hydrogen-bond acceptors (Lipinski definition) is 3. The van der Waals surface area contributed by atoms with Crippen LogP contribution in [0, 0.1) is 6.92 Å². The highest BCUT2D eigenvalue weighted by Crippen LogP contribution is 2.25. The van der Waals surface area contributed by atoms with Gasteiger partial charge in [-0.25, -0.2) is 4.68 Å². The van der Waals surface area contributed by atoms with Gasteiger partial charge in [-0.3, -0.25) is 19.8 Å². The second-order valence-corrected chi connectivity index (χ2v) is 8.74. The maximum absolute atomic E-state index is 13.2. The van der Waals surface area contributed by atoms with Crippen molar-refractivity contribution in [1.29, 1.82) is 0 Å². The Hall–Kier alpha value is -3.81. The van der Waals surface area contributed by atoms with E-state index in [4.69, 9.17) is 23.2 Å². The summed E-state index contributed by atoms with van der Waals surface area (Å²) in [4.78, 5) is 38.6. The monoisotopic (exact) mass is 508 g/mol. The van der Waals surface area contributed by atoms with E-state index in [9.17, 15) is 14.4 Å². The summed E-state index contributed by atoms with van der Waals surface area (Å²) in [6, 6.07) is 18.9. The average molecular weight is 509 g/mol. The molecule has 178 valence electrons. The Morgan fingerprint density at radius 1 is 0.886 bits per heavy atom. The number of nitrogens with zero attached hydrogens (tertiary/aromatic N) is 1. The van der Waals surface area contributed by atoms with Gasteiger partial charge < -0.3 is 10.6 Å². The zero-order valence-corrected chi connectivity index (χ0v) is 20.5. The second-order valence-electron chi connectivity index (χ2n) is 7.89. The molecule has 3 amide bonds. The summed E-state index contributed by atoms with van der Waals surface area (Å²) in [7, 11) is 0. The Morgan fingerprint density at radius 3 is 2.40 bits per heavy atom. The largest absolute Gasteiger partial charge is 0.328 e. The van der Waals surface area contributed by atoms with Gasteiger partial charge >= 0.3 is 11.8 Å². The standard InChI is InChI=1S/C26H22Cl2N4O3/c1-3-16-6-4-5-7-21(16)30-25(34)26(35)31-32-22-11-9-18(27)12-17(22)13-23(32)24(33)29-19-10-8-15(2)20(28)14-19/h4-14H,3H2,1-2H3,(H,29,33)(H,30,34)(H,31,35). The van der Waals surface area contributed by atoms with Gasteiger partial charge in [-0.15, -0.1) is 0 Å². The molecule has 0 unspecified atom stereocenters. The molecule has 35 heavy (non-hydrogen) atoms. The van der Waals surface area contributed by atoms with E-state index in [1.165, 1.54) is 4.68 Å². The molecular weight excluding hydrogens is 487 g/mol. The van der Waals surface area contributed by atoms with Crippen molar-refractivity contribution in [1.82, 2.24) is 4.68 Å². The van der Waals surface area contributed by atoms with Gasteiger partial charge in [0.15, 0.2) is 0 Å². The van der Waals surface area contributed by atoms with Crippen LogP contribution in [-0.4, -0.2) is 22.4 Å². The van der Waals surface area contributed by atoms with Crippen LogP contribution in [0.1, 0.15) is 28.5 Å². The third-order valence-electron chi connectivity index (χ3n) is 5.49. The summed E-state index contributed by atoms with van der Waals surface area (Å²) in [5.41, 5.74) is 5.94. The first-order chi connectivity index (χ1) is 16.8. The molecule has 0 saturated heterocycles. The van der Waals surface area contributed by atoms with Crippen molar-refractivity contribution in [3.05, 3.63) is 93.6 Å². The van der Waals surface area contributed by atoms with Crippen LogP contribution in [0.4, 0.5) is 11.4 Å². The lowest BCUT2D eigenvalue weighted by Gasteiger charge is -2.14. The Bertz CT molecular complexity index is 1460. The topological polar surface area (TPSA) is 92.2 Å². The van der Waals surface area contributed by atoms with Gasteiger partial charge in [-0.1, -0.05) is 54.4 Å². The van der Waals surface area contributed by atoms with Gasteiger partial charge in [-0.2, -0.15) is 0 Å². The van der Waals surface area contributed by atoms with Crippen molar-refractivity contribution in [3.63, 3.8) is 0 Å². The predicted octanol–water partition coefficient (Wildman–Crippen LogP) is 5.78. The van der Waals surface area contributed by atoms with Gasteiger partial charge in [0, 0.05) is 26.8 Å². The van der Waals surface area contributed by atoms with Crippen LogP contribution in [-0.2, 0) is 16.0 Å². The van der Waals surface area contributed by atoms with Crippen molar-refractivity contribution in [3.8, 4) is 0 Å². The third kappa shape index (κ3) is 5.31. The number of benzene rings is 3. The van der Waals surface area contributed by atoms with Crippen LogP contribution in [0.5, 0.6) is 0 Å². The second kappa shape index (κ2) is 10.2. The van der Waals surface area contributed by atoms with Crippen molar-refractivity contribution in [2.24, 2.45) is 0 Å². The molecule has 0 fully saturated rings. The minimum Gasteiger partial charge on any atom is -0.321 e. The van der Waals surface area contributed by atoms with Gasteiger partial charge in [0.1, 0.15) is 5.69 Å². The summed E-state index contributed by atoms with van der Waals surface area (Å²) < 4.78 is 1.27. The molecule has 0 spiro atoms. The smallest absolute Gasteiger partial charge is 0.321 e. The average Bonchev–Trinajstić information content (AvgIpc) is 3.19. The van der Waals surface area contributed by atoms with E-state index in [0.717, 1.165) is 11.1 Å². The van der Waals surface area contributed by atoms with E-state index in [0.29, 0.717) is 38.7 Å². The minimum absolute atomic E-state index is 0.106. The number of para-hydroxylation sites is 1. The van der Waals surface area contributed by atoms with Crippen LogP contribution in [0.15, 0.2) is 66.7 Å². The third-order valence-corrected chi connectivity index (χ3v) is 6.13. The molecular formula is C26H22Cl2N4O3. The molecule has 0 atom stereocenters. The maximum Gasteiger partial charge on any atom is 0.328 e. The van der Waals surface area contributed by atoms with Crippen molar-refractivity contribution in [2.75, 3.05) is 16.1 Å². The molecule has 0 aliphatic heterocycles. The molecule has 0 aliphatic rings. The predicted molar refractivity (Wildman–Crippen MR) is 140 cm³/mol. The molecule has 0 aliphatic carbocycles. The SMILES string of the molecule is CCc1ccccc1NC(=O)C(=O)Nn1c(C(=O)Nc2ccc(C)c(Cl)c2)cc2cc(Cl)ccc21. The van der Waals surface area contributed by atoms with Gasteiger partial charge in [-0.05, 0) is 66.9 Å². The van der Waals surface area contributed by atoms with E-state index < -0.39 is 17.7 Å². The van der Waals surface area contributed by atoms with Crippen LogP contribution in [0.25, 0.3) is 10.9 Å². The van der Waals surface area contributed by atoms with Gasteiger partial charge in [0.25, 0.3) is 5.91 Å². The number of nitrogens with one attached hydrogen (secondary N) is 3. The molecule has 0 radical (unpaired) electrons. The number of halogens is 2. The summed E-state index contributed by atoms with van der Waals surface area (Å²) in [6.07, 6.45) is 0.689. The van der Waals surface area contributed by atoms with E-state index in [1.54, 1.807) is 54.6 Å². The fourth-order valence-corrected chi connectivity index (χ4v) is 3.98. The number of rotatable bonds is 5. The minimum atomic E-state index is -0.934. The number of anilines is 2. The zero-order chi connectivity index (χ0) is 25.1. The molecule has 7 nitrogen and oxygen atoms in total. The van der Waals surface area contributed by atoms with Gasteiger partial charge in [0.05, 0.1) is 5.52 Å². The maximum atomic E-state index is 13.2. The highest BCUT2D eigenvalue weighted by molar-refractivity contribution is 6.42. The zero-order valence-electron chi connectivity index (χ0n) is 19.0. The number of carbonyl (C=O) groups excluding carboxylic acids is 3. The summed E-state index contributed by atoms with van der Waals surface area (Å²) in [6.45, 7) is 3.81. The molecule has 3 N–H and O–H groups in total. The molecule has 4 rings (SSSR count). The van der Waals surface area contributed by atoms with E-state index in [-0.39, 0.29) is 5.69 Å². The molecule has 0 bridgehead atoms. The van der Waals surface area contributed by atoms with Gasteiger partial charge in [0.2, 0.25) is 0 Å². The molecule has 1 heterocycles. The highest BCUT2D eigenvalue weighted by atomic mass is 35.5. The van der Waals surface area contributed by atoms with Crippen LogP contribution in [0.3, 0.4) is 0 Å². The Balaban J connectivity index is 1.63. The summed E-state index contributed by atoms with van der Waals surface area (Å²) in [5.74, 6) is -2.30. The lowest BCUT2D eigenvalue weighted by Crippen LogP contribution is -2.36. The normalized spacial score (nSPS) is 10.7. The number of carbonyl (C=O) groups is 3. The van der Waals surface area contributed by atoms with E-state index in [2.05, 4.69) is 16.1 Å². The summed E-state index contributed by atoms with van der Waals surface area (Å²) in [5, 5.41) is 6.99. The van der Waals surface area contributed by atoms with Crippen molar-refractivity contribution < 1.29 is 14.4 Å². The fraction of sp³-hybridized carbons (Fsp3) is 0.115. The Labute approximate surface area is 212 Å². The highest BCUT2D eigenvalue weighted by Gasteiger charge is 2.22. The number of amides is 3. The fourth-order valence-electron chi connectivity index (χ4n) is 3.62. The number of hydrogen-bond donors (Lipinski definition) is 3. The van der Waals surface area contributed by atoms with Crippen molar-refractivity contribution >= 4 is 63.2 Å². The Kier molecular flexibility index (Phi) is 7.10. The lowest BCUT2D eigenvalue weighted by atomic mass is 10.1. The van der Waals surface area contributed by atoms with E-state index >= 15 is 0 Å². The lowest BCUT2D eigenvalue weighted by molar-refractivity contribution is -0.133. The molecule has 1 aromatic heterocycles. The molecule has 9 heteroatoms. The number of aryl methyl sites for hydroxylation is 2. The van der Waals surface area contributed by atoms with Crippen LogP contribution >= 0.6 is 23.2 Å². The number of fused-ring (bicyclic) bond motifs is 1. The Morgan fingerprint density at radius 2 is 1.66 bits per heavy atom. The summed E-state index contributed by atoms with van der Waals surface area (Å²) >= 11 is 12.3. The molecule has 0 saturated carbocycles.